The molecule has 0 atom stereocenters. The van der Waals surface area contributed by atoms with Gasteiger partial charge in [0, 0.05) is 25.9 Å². The molecule has 7 heteroatoms. The molecular formula is C15H11Cl2FO2S2. The Morgan fingerprint density at radius 2 is 1.73 bits per heavy atom. The highest BCUT2D eigenvalue weighted by atomic mass is 35.7. The van der Waals surface area contributed by atoms with E-state index in [2.05, 4.69) is 0 Å². The summed E-state index contributed by atoms with van der Waals surface area (Å²) < 4.78 is 36.7. The Morgan fingerprint density at radius 3 is 2.36 bits per heavy atom. The summed E-state index contributed by atoms with van der Waals surface area (Å²) in [6.07, 6.45) is 0. The summed E-state index contributed by atoms with van der Waals surface area (Å²) in [4.78, 5) is 1.35. The summed E-state index contributed by atoms with van der Waals surface area (Å²) in [7, 11) is 1.48. The van der Waals surface area contributed by atoms with E-state index in [0.717, 1.165) is 16.0 Å². The third kappa shape index (κ3) is 2.54. The molecular weight excluding hydrogens is 366 g/mol. The molecule has 0 aliphatic carbocycles. The van der Waals surface area contributed by atoms with E-state index < -0.39 is 14.5 Å². The van der Waals surface area contributed by atoms with Gasteiger partial charge in [-0.1, -0.05) is 43.3 Å². The minimum Gasteiger partial charge on any atom is -0.207 e. The van der Waals surface area contributed by atoms with Crippen LogP contribution in [0.3, 0.4) is 0 Å². The van der Waals surface area contributed by atoms with Crippen molar-refractivity contribution in [3.05, 3.63) is 52.3 Å². The summed E-state index contributed by atoms with van der Waals surface area (Å²) in [5.74, 6) is -0.329. The largest absolute Gasteiger partial charge is 0.262 e. The zero-order valence-corrected chi connectivity index (χ0v) is 14.8. The maximum atomic E-state index is 13.5. The van der Waals surface area contributed by atoms with Crippen molar-refractivity contribution >= 4 is 43.1 Å². The van der Waals surface area contributed by atoms with Crippen molar-refractivity contribution in [2.24, 2.45) is 0 Å². The van der Waals surface area contributed by atoms with Gasteiger partial charge in [-0.3, -0.25) is 0 Å². The summed E-state index contributed by atoms with van der Waals surface area (Å²) >= 11 is 7.41. The van der Waals surface area contributed by atoms with Crippen LogP contribution in [0.15, 0.2) is 45.0 Å². The van der Waals surface area contributed by atoms with Crippen molar-refractivity contribution in [1.82, 2.24) is 0 Å². The first-order valence-electron chi connectivity index (χ1n) is 6.37. The van der Waals surface area contributed by atoms with Gasteiger partial charge in [0.25, 0.3) is 9.05 Å². The summed E-state index contributed by atoms with van der Waals surface area (Å²) in [5, 5.41) is 0.0907. The third-order valence-corrected chi connectivity index (χ3v) is 6.71. The maximum absolute atomic E-state index is 13.5. The van der Waals surface area contributed by atoms with Gasteiger partial charge in [-0.2, -0.15) is 0 Å². The Kier molecular flexibility index (Phi) is 3.76. The molecule has 0 unspecified atom stereocenters. The van der Waals surface area contributed by atoms with Crippen LogP contribution in [0.5, 0.6) is 0 Å². The lowest BCUT2D eigenvalue weighted by Gasteiger charge is -2.34. The number of hydrogen-bond donors (Lipinski definition) is 0. The highest BCUT2D eigenvalue weighted by Crippen LogP contribution is 2.50. The molecule has 0 radical (unpaired) electrons. The minimum absolute atomic E-state index is 0.0907. The smallest absolute Gasteiger partial charge is 0.207 e. The van der Waals surface area contributed by atoms with Gasteiger partial charge in [0.05, 0.1) is 5.02 Å². The van der Waals surface area contributed by atoms with Crippen LogP contribution in [0.1, 0.15) is 25.0 Å². The van der Waals surface area contributed by atoms with E-state index >= 15 is 0 Å². The van der Waals surface area contributed by atoms with Crippen molar-refractivity contribution in [2.45, 2.75) is 33.9 Å². The van der Waals surface area contributed by atoms with Crippen molar-refractivity contribution in [1.29, 1.82) is 0 Å². The molecule has 1 aliphatic heterocycles. The van der Waals surface area contributed by atoms with Crippen LogP contribution < -0.4 is 0 Å². The monoisotopic (exact) mass is 376 g/mol. The Hall–Kier alpha value is -0.750. The maximum Gasteiger partial charge on any atom is 0.262 e. The summed E-state index contributed by atoms with van der Waals surface area (Å²) in [5.41, 5.74) is 1.46. The van der Waals surface area contributed by atoms with E-state index in [9.17, 15) is 12.8 Å². The highest BCUT2D eigenvalue weighted by molar-refractivity contribution is 8.13. The van der Waals surface area contributed by atoms with Crippen molar-refractivity contribution in [3.8, 4) is 0 Å². The van der Waals surface area contributed by atoms with E-state index in [4.69, 9.17) is 22.3 Å². The van der Waals surface area contributed by atoms with Gasteiger partial charge in [-0.05, 0) is 35.4 Å². The van der Waals surface area contributed by atoms with Crippen LogP contribution in [0, 0.1) is 5.82 Å². The molecule has 116 valence electrons. The second-order valence-corrected chi connectivity index (χ2v) is 9.61. The van der Waals surface area contributed by atoms with Gasteiger partial charge in [0.2, 0.25) is 0 Å². The number of rotatable bonds is 1. The number of halogens is 3. The fourth-order valence-electron chi connectivity index (χ4n) is 2.65. The van der Waals surface area contributed by atoms with Gasteiger partial charge in [-0.25, -0.2) is 12.8 Å². The molecule has 2 aromatic carbocycles. The van der Waals surface area contributed by atoms with Crippen LogP contribution in [-0.4, -0.2) is 8.42 Å². The van der Waals surface area contributed by atoms with E-state index in [0.29, 0.717) is 4.90 Å². The van der Waals surface area contributed by atoms with Gasteiger partial charge in [-0.15, -0.1) is 0 Å². The standard InChI is InChI=1S/C15H11Cl2FO2S2/c1-15(2)9-4-3-8(18)5-12(9)21-13-7-14(22(17,19)20)11(16)6-10(13)15/h3-7H,1-2H3. The minimum atomic E-state index is -3.94. The van der Waals surface area contributed by atoms with Crippen LogP contribution in [-0.2, 0) is 14.5 Å². The predicted octanol–water partition coefficient (Wildman–Crippen LogP) is 5.20. The van der Waals surface area contributed by atoms with Gasteiger partial charge in [0.1, 0.15) is 10.7 Å². The zero-order valence-electron chi connectivity index (χ0n) is 11.7. The van der Waals surface area contributed by atoms with Gasteiger partial charge >= 0.3 is 0 Å². The molecule has 3 rings (SSSR count). The summed E-state index contributed by atoms with van der Waals surface area (Å²) in [6.45, 7) is 3.99. The lowest BCUT2D eigenvalue weighted by molar-refractivity contribution is 0.586. The van der Waals surface area contributed by atoms with Crippen molar-refractivity contribution in [2.75, 3.05) is 0 Å². The lowest BCUT2D eigenvalue weighted by Crippen LogP contribution is -2.24. The second kappa shape index (κ2) is 5.13. The Balaban J connectivity index is 2.28. The van der Waals surface area contributed by atoms with Crippen LogP contribution in [0.2, 0.25) is 5.02 Å². The SMILES string of the molecule is CC1(C)c2ccc(F)cc2Sc2cc(S(=O)(=O)Cl)c(Cl)cc21. The van der Waals surface area contributed by atoms with Gasteiger partial charge in [0.15, 0.2) is 0 Å². The first kappa shape index (κ1) is 16.1. The first-order valence-corrected chi connectivity index (χ1v) is 9.87. The van der Waals surface area contributed by atoms with Crippen LogP contribution in [0.4, 0.5) is 4.39 Å². The van der Waals surface area contributed by atoms with E-state index in [1.165, 1.54) is 30.0 Å². The Morgan fingerprint density at radius 1 is 1.09 bits per heavy atom. The quantitative estimate of drug-likeness (QED) is 0.641. The normalized spacial score (nSPS) is 16.0. The first-order chi connectivity index (χ1) is 10.1. The Labute approximate surface area is 142 Å². The number of benzene rings is 2. The Bertz CT molecular complexity index is 893. The summed E-state index contributed by atoms with van der Waals surface area (Å²) in [6, 6.07) is 7.71. The van der Waals surface area contributed by atoms with Crippen LogP contribution in [0.25, 0.3) is 0 Å². The lowest BCUT2D eigenvalue weighted by atomic mass is 9.77. The number of hydrogen-bond acceptors (Lipinski definition) is 3. The topological polar surface area (TPSA) is 34.1 Å². The molecule has 0 fully saturated rings. The van der Waals surface area contributed by atoms with E-state index in [1.54, 1.807) is 12.1 Å². The van der Waals surface area contributed by atoms with E-state index in [-0.39, 0.29) is 15.7 Å². The molecule has 1 heterocycles. The zero-order chi connectivity index (χ0) is 16.3. The van der Waals surface area contributed by atoms with Crippen molar-refractivity contribution in [3.63, 3.8) is 0 Å². The molecule has 22 heavy (non-hydrogen) atoms. The molecule has 0 saturated heterocycles. The molecule has 0 saturated carbocycles. The third-order valence-electron chi connectivity index (χ3n) is 3.81. The molecule has 2 aromatic rings. The second-order valence-electron chi connectivity index (χ2n) is 5.58. The highest BCUT2D eigenvalue weighted by Gasteiger charge is 2.35. The average Bonchev–Trinajstić information content (AvgIpc) is 2.37. The van der Waals surface area contributed by atoms with Crippen LogP contribution >= 0.6 is 34.0 Å². The average molecular weight is 377 g/mol. The molecule has 0 spiro atoms. The molecule has 0 amide bonds. The fraction of sp³-hybridized carbons (Fsp3) is 0.200. The molecule has 1 aliphatic rings. The molecule has 0 bridgehead atoms. The number of fused-ring (bicyclic) bond motifs is 2. The predicted molar refractivity (Wildman–Crippen MR) is 87.1 cm³/mol. The molecule has 0 aromatic heterocycles. The molecule has 0 N–H and O–H groups in total. The van der Waals surface area contributed by atoms with Crippen molar-refractivity contribution < 1.29 is 12.8 Å². The van der Waals surface area contributed by atoms with E-state index in [1.807, 2.05) is 13.8 Å². The fourth-order valence-corrected chi connectivity index (χ4v) is 5.69. The van der Waals surface area contributed by atoms with Gasteiger partial charge < -0.3 is 0 Å². The molecule has 2 nitrogen and oxygen atoms in total.